The van der Waals surface area contributed by atoms with E-state index in [-0.39, 0.29) is 0 Å². The van der Waals surface area contributed by atoms with Crippen molar-refractivity contribution in [2.45, 2.75) is 13.5 Å². The first-order valence-corrected chi connectivity index (χ1v) is 5.00. The van der Waals surface area contributed by atoms with E-state index in [1.807, 2.05) is 36.9 Å². The third kappa shape index (κ3) is 1.92. The Bertz CT molecular complexity index is 435. The summed E-state index contributed by atoms with van der Waals surface area (Å²) in [7, 11) is 2.00. The van der Waals surface area contributed by atoms with Crippen molar-refractivity contribution in [1.82, 2.24) is 9.55 Å². The summed E-state index contributed by atoms with van der Waals surface area (Å²) < 4.78 is 2.02. The van der Waals surface area contributed by atoms with Crippen LogP contribution < -0.4 is 5.73 Å². The average Bonchev–Trinajstić information content (AvgIpc) is 2.59. The minimum absolute atomic E-state index is 0.585. The van der Waals surface area contributed by atoms with Gasteiger partial charge in [-0.25, -0.2) is 4.98 Å². The fourth-order valence-corrected chi connectivity index (χ4v) is 1.51. The summed E-state index contributed by atoms with van der Waals surface area (Å²) >= 11 is 0. The van der Waals surface area contributed by atoms with Gasteiger partial charge in [0.25, 0.3) is 0 Å². The quantitative estimate of drug-likeness (QED) is 0.806. The standard InChI is InChI=1S/C12H15N3/c1-9-14-12(8-15(9)2)11-5-3-10(7-13)4-6-11/h3-6,8H,7,13H2,1-2H3. The van der Waals surface area contributed by atoms with Gasteiger partial charge in [0, 0.05) is 25.4 Å². The van der Waals surface area contributed by atoms with Crippen LogP contribution in [0.1, 0.15) is 11.4 Å². The van der Waals surface area contributed by atoms with Crippen LogP contribution >= 0.6 is 0 Å². The summed E-state index contributed by atoms with van der Waals surface area (Å²) in [5.74, 6) is 1.02. The molecule has 0 saturated carbocycles. The molecule has 1 aromatic heterocycles. The van der Waals surface area contributed by atoms with Crippen molar-refractivity contribution in [3.05, 3.63) is 41.9 Å². The topological polar surface area (TPSA) is 43.8 Å². The molecule has 0 radical (unpaired) electrons. The SMILES string of the molecule is Cc1nc(-c2ccc(CN)cc2)cn1C. The molecule has 0 bridgehead atoms. The molecule has 2 rings (SSSR count). The third-order valence-electron chi connectivity index (χ3n) is 2.59. The van der Waals surface area contributed by atoms with Crippen molar-refractivity contribution in [3.63, 3.8) is 0 Å². The summed E-state index contributed by atoms with van der Waals surface area (Å²) in [5, 5.41) is 0. The van der Waals surface area contributed by atoms with Crippen LogP contribution in [0.5, 0.6) is 0 Å². The van der Waals surface area contributed by atoms with E-state index in [0.717, 1.165) is 22.6 Å². The summed E-state index contributed by atoms with van der Waals surface area (Å²) in [6.07, 6.45) is 2.03. The van der Waals surface area contributed by atoms with Gasteiger partial charge in [-0.3, -0.25) is 0 Å². The van der Waals surface area contributed by atoms with Gasteiger partial charge in [-0.2, -0.15) is 0 Å². The van der Waals surface area contributed by atoms with Crippen LogP contribution in [-0.2, 0) is 13.6 Å². The fraction of sp³-hybridized carbons (Fsp3) is 0.250. The molecule has 1 aromatic carbocycles. The van der Waals surface area contributed by atoms with Crippen LogP contribution in [-0.4, -0.2) is 9.55 Å². The molecule has 0 fully saturated rings. The molecular weight excluding hydrogens is 186 g/mol. The molecule has 0 atom stereocenters. The van der Waals surface area contributed by atoms with Gasteiger partial charge in [0.15, 0.2) is 0 Å². The number of aryl methyl sites for hydroxylation is 2. The summed E-state index contributed by atoms with van der Waals surface area (Å²) in [5.41, 5.74) is 8.84. The molecule has 0 aliphatic heterocycles. The zero-order valence-corrected chi connectivity index (χ0v) is 9.07. The Kier molecular flexibility index (Phi) is 2.56. The van der Waals surface area contributed by atoms with Gasteiger partial charge in [0.2, 0.25) is 0 Å². The first-order chi connectivity index (χ1) is 7.20. The normalized spacial score (nSPS) is 10.6. The molecule has 3 heteroatoms. The molecule has 2 aromatic rings. The highest BCUT2D eigenvalue weighted by atomic mass is 15.0. The van der Waals surface area contributed by atoms with Gasteiger partial charge in [-0.15, -0.1) is 0 Å². The first kappa shape index (κ1) is 9.93. The Balaban J connectivity index is 2.37. The van der Waals surface area contributed by atoms with Crippen LogP contribution in [0.15, 0.2) is 30.5 Å². The van der Waals surface area contributed by atoms with Crippen molar-refractivity contribution in [1.29, 1.82) is 0 Å². The Morgan fingerprint density at radius 1 is 1.27 bits per heavy atom. The minimum Gasteiger partial charge on any atom is -0.338 e. The predicted octanol–water partition coefficient (Wildman–Crippen LogP) is 1.85. The highest BCUT2D eigenvalue weighted by Crippen LogP contribution is 2.18. The number of rotatable bonds is 2. The smallest absolute Gasteiger partial charge is 0.105 e. The average molecular weight is 201 g/mol. The van der Waals surface area contributed by atoms with Crippen LogP contribution in [0.4, 0.5) is 0 Å². The number of hydrogen-bond acceptors (Lipinski definition) is 2. The first-order valence-electron chi connectivity index (χ1n) is 5.00. The van der Waals surface area contributed by atoms with Crippen molar-refractivity contribution in [3.8, 4) is 11.3 Å². The van der Waals surface area contributed by atoms with Crippen LogP contribution in [0.3, 0.4) is 0 Å². The summed E-state index contributed by atoms with van der Waals surface area (Å²) in [6, 6.07) is 8.20. The molecule has 0 unspecified atom stereocenters. The Hall–Kier alpha value is -1.61. The number of imidazole rings is 1. The van der Waals surface area contributed by atoms with E-state index in [1.54, 1.807) is 0 Å². The Morgan fingerprint density at radius 2 is 1.93 bits per heavy atom. The lowest BCUT2D eigenvalue weighted by molar-refractivity contribution is 0.858. The van der Waals surface area contributed by atoms with E-state index >= 15 is 0 Å². The third-order valence-corrected chi connectivity index (χ3v) is 2.59. The lowest BCUT2D eigenvalue weighted by Crippen LogP contribution is -1.95. The number of nitrogens with two attached hydrogens (primary N) is 1. The maximum atomic E-state index is 5.55. The second kappa shape index (κ2) is 3.87. The number of nitrogens with zero attached hydrogens (tertiary/aromatic N) is 2. The lowest BCUT2D eigenvalue weighted by Gasteiger charge is -1.98. The van der Waals surface area contributed by atoms with Crippen molar-refractivity contribution < 1.29 is 0 Å². The molecule has 0 saturated heterocycles. The maximum Gasteiger partial charge on any atom is 0.105 e. The fourth-order valence-electron chi connectivity index (χ4n) is 1.51. The minimum atomic E-state index is 0.585. The van der Waals surface area contributed by atoms with Gasteiger partial charge in [0.05, 0.1) is 5.69 Å². The molecular formula is C12H15N3. The molecule has 15 heavy (non-hydrogen) atoms. The van der Waals surface area contributed by atoms with Crippen molar-refractivity contribution in [2.24, 2.45) is 12.8 Å². The highest BCUT2D eigenvalue weighted by molar-refractivity contribution is 5.58. The molecule has 0 spiro atoms. The highest BCUT2D eigenvalue weighted by Gasteiger charge is 2.03. The van der Waals surface area contributed by atoms with E-state index < -0.39 is 0 Å². The van der Waals surface area contributed by atoms with E-state index in [0.29, 0.717) is 6.54 Å². The van der Waals surface area contributed by atoms with Gasteiger partial charge in [-0.05, 0) is 12.5 Å². The van der Waals surface area contributed by atoms with Gasteiger partial charge < -0.3 is 10.3 Å². The second-order valence-corrected chi connectivity index (χ2v) is 3.69. The summed E-state index contributed by atoms with van der Waals surface area (Å²) in [4.78, 5) is 4.47. The van der Waals surface area contributed by atoms with Crippen LogP contribution in [0, 0.1) is 6.92 Å². The molecule has 0 aliphatic rings. The zero-order chi connectivity index (χ0) is 10.8. The monoisotopic (exact) mass is 201 g/mol. The van der Waals surface area contributed by atoms with Gasteiger partial charge in [0.1, 0.15) is 5.82 Å². The lowest BCUT2D eigenvalue weighted by atomic mass is 10.1. The Labute approximate surface area is 89.6 Å². The number of aromatic nitrogens is 2. The number of benzene rings is 1. The molecule has 0 amide bonds. The molecule has 3 nitrogen and oxygen atoms in total. The van der Waals surface area contributed by atoms with Gasteiger partial charge >= 0.3 is 0 Å². The Morgan fingerprint density at radius 3 is 2.40 bits per heavy atom. The van der Waals surface area contributed by atoms with Crippen molar-refractivity contribution in [2.75, 3.05) is 0 Å². The molecule has 0 aliphatic carbocycles. The van der Waals surface area contributed by atoms with E-state index in [4.69, 9.17) is 5.73 Å². The molecule has 78 valence electrons. The van der Waals surface area contributed by atoms with E-state index in [9.17, 15) is 0 Å². The predicted molar refractivity (Wildman–Crippen MR) is 61.3 cm³/mol. The second-order valence-electron chi connectivity index (χ2n) is 3.69. The molecule has 2 N–H and O–H groups in total. The summed E-state index contributed by atoms with van der Waals surface area (Å²) in [6.45, 7) is 2.58. The molecule has 1 heterocycles. The van der Waals surface area contributed by atoms with E-state index in [2.05, 4.69) is 17.1 Å². The van der Waals surface area contributed by atoms with E-state index in [1.165, 1.54) is 0 Å². The van der Waals surface area contributed by atoms with Gasteiger partial charge in [-0.1, -0.05) is 24.3 Å². The largest absolute Gasteiger partial charge is 0.338 e. The van der Waals surface area contributed by atoms with Crippen LogP contribution in [0.25, 0.3) is 11.3 Å². The van der Waals surface area contributed by atoms with Crippen LogP contribution in [0.2, 0.25) is 0 Å². The van der Waals surface area contributed by atoms with Crippen molar-refractivity contribution >= 4 is 0 Å². The number of hydrogen-bond donors (Lipinski definition) is 1. The zero-order valence-electron chi connectivity index (χ0n) is 9.07. The maximum absolute atomic E-state index is 5.55.